The van der Waals surface area contributed by atoms with Gasteiger partial charge < -0.3 is 20.1 Å². The highest BCUT2D eigenvalue weighted by Gasteiger charge is 2.27. The number of fused-ring (bicyclic) bond motifs is 3. The Hall–Kier alpha value is -3.67. The summed E-state index contributed by atoms with van der Waals surface area (Å²) >= 11 is 0. The third-order valence-electron chi connectivity index (χ3n) is 6.69. The largest absolute Gasteiger partial charge is 0.488 e. The van der Waals surface area contributed by atoms with E-state index in [1.54, 1.807) is 24.3 Å². The summed E-state index contributed by atoms with van der Waals surface area (Å²) in [5.41, 5.74) is 9.68. The molecule has 0 bridgehead atoms. The van der Waals surface area contributed by atoms with E-state index in [1.165, 1.54) is 21.9 Å². The normalized spacial score (nSPS) is 11.5. The third-order valence-corrected chi connectivity index (χ3v) is 6.69. The molecule has 162 valence electrons. The van der Waals surface area contributed by atoms with Crippen molar-refractivity contribution in [2.75, 3.05) is 0 Å². The zero-order chi connectivity index (χ0) is 23.4. The summed E-state index contributed by atoms with van der Waals surface area (Å²) < 4.78 is 0. The SMILES string of the molecule is OB(O)c1ccc(-c2ccc(-c3ccc(B(O)O)cc3)c3c2-c2cccc4cccc-3c24)cc1. The second kappa shape index (κ2) is 7.97. The van der Waals surface area contributed by atoms with Gasteiger partial charge in [-0.25, -0.2) is 0 Å². The summed E-state index contributed by atoms with van der Waals surface area (Å²) in [7, 11) is -3.00. The van der Waals surface area contributed by atoms with Crippen LogP contribution in [0.5, 0.6) is 0 Å². The van der Waals surface area contributed by atoms with Crippen molar-refractivity contribution in [1.29, 1.82) is 0 Å². The third kappa shape index (κ3) is 3.20. The van der Waals surface area contributed by atoms with E-state index >= 15 is 0 Å². The quantitative estimate of drug-likeness (QED) is 0.317. The molecule has 0 amide bonds. The van der Waals surface area contributed by atoms with E-state index in [0.717, 1.165) is 33.4 Å². The van der Waals surface area contributed by atoms with Crippen molar-refractivity contribution in [2.45, 2.75) is 0 Å². The van der Waals surface area contributed by atoms with Crippen molar-refractivity contribution < 1.29 is 20.1 Å². The molecule has 0 aliphatic heterocycles. The summed E-state index contributed by atoms with van der Waals surface area (Å²) in [6, 6.07) is 31.6. The molecule has 6 rings (SSSR count). The van der Waals surface area contributed by atoms with Crippen LogP contribution in [0, 0.1) is 0 Å². The van der Waals surface area contributed by atoms with Gasteiger partial charge in [-0.1, -0.05) is 97.1 Å². The summed E-state index contributed by atoms with van der Waals surface area (Å²) in [5.74, 6) is 0. The molecule has 0 unspecified atom stereocenters. The minimum Gasteiger partial charge on any atom is -0.423 e. The summed E-state index contributed by atoms with van der Waals surface area (Å²) in [4.78, 5) is 0. The van der Waals surface area contributed by atoms with Crippen molar-refractivity contribution >= 4 is 35.9 Å². The Labute approximate surface area is 197 Å². The average molecular weight is 442 g/mol. The molecule has 0 fully saturated rings. The molecule has 0 atom stereocenters. The fourth-order valence-electron chi connectivity index (χ4n) is 5.07. The first kappa shape index (κ1) is 20.9. The van der Waals surface area contributed by atoms with Crippen molar-refractivity contribution in [3.63, 3.8) is 0 Å². The molecule has 1 aliphatic carbocycles. The lowest BCUT2D eigenvalue weighted by Gasteiger charge is -2.16. The maximum atomic E-state index is 9.50. The molecule has 0 saturated carbocycles. The van der Waals surface area contributed by atoms with Crippen LogP contribution in [0.3, 0.4) is 0 Å². The van der Waals surface area contributed by atoms with E-state index in [9.17, 15) is 20.1 Å². The van der Waals surface area contributed by atoms with Gasteiger partial charge >= 0.3 is 14.2 Å². The molecular weight excluding hydrogens is 422 g/mol. The van der Waals surface area contributed by atoms with Gasteiger partial charge in [0.15, 0.2) is 0 Å². The monoisotopic (exact) mass is 442 g/mol. The lowest BCUT2D eigenvalue weighted by atomic mass is 9.78. The minimum absolute atomic E-state index is 0.452. The van der Waals surface area contributed by atoms with Crippen LogP contribution >= 0.6 is 0 Å². The molecule has 5 aromatic rings. The molecule has 34 heavy (non-hydrogen) atoms. The molecule has 4 nitrogen and oxygen atoms in total. The van der Waals surface area contributed by atoms with Crippen LogP contribution in [0.15, 0.2) is 97.1 Å². The molecule has 0 heterocycles. The van der Waals surface area contributed by atoms with Gasteiger partial charge in [-0.05, 0) is 66.2 Å². The zero-order valence-electron chi connectivity index (χ0n) is 18.2. The second-order valence-corrected chi connectivity index (χ2v) is 8.61. The van der Waals surface area contributed by atoms with Crippen LogP contribution in [-0.2, 0) is 0 Å². The van der Waals surface area contributed by atoms with E-state index in [1.807, 2.05) is 24.3 Å². The Kier molecular flexibility index (Phi) is 4.90. The highest BCUT2D eigenvalue weighted by molar-refractivity contribution is 6.59. The lowest BCUT2D eigenvalue weighted by molar-refractivity contribution is 0.424. The van der Waals surface area contributed by atoms with Gasteiger partial charge in [0, 0.05) is 0 Å². The van der Waals surface area contributed by atoms with E-state index in [-0.39, 0.29) is 0 Å². The molecule has 0 radical (unpaired) electrons. The van der Waals surface area contributed by atoms with Crippen LogP contribution in [0.4, 0.5) is 0 Å². The molecule has 6 heteroatoms. The standard InChI is InChI=1S/C28H20B2O4/c31-29(32)20-11-7-17(8-12-20)22-15-16-23(18-9-13-21(14-10-18)30(33)34)28-25-6-2-4-19-3-1-5-24(26(19)25)27(22)28/h1-16,31-34H. The number of benzene rings is 5. The van der Waals surface area contributed by atoms with E-state index in [2.05, 4.69) is 48.5 Å². The van der Waals surface area contributed by atoms with Crippen LogP contribution in [0.1, 0.15) is 0 Å². The molecule has 5 aromatic carbocycles. The molecule has 1 aliphatic rings. The van der Waals surface area contributed by atoms with Crippen molar-refractivity contribution in [3.8, 4) is 44.5 Å². The highest BCUT2D eigenvalue weighted by Crippen LogP contribution is 2.54. The van der Waals surface area contributed by atoms with Gasteiger partial charge in [-0.15, -0.1) is 0 Å². The lowest BCUT2D eigenvalue weighted by Crippen LogP contribution is -2.29. The van der Waals surface area contributed by atoms with Crippen LogP contribution in [0.2, 0.25) is 0 Å². The van der Waals surface area contributed by atoms with Gasteiger partial charge in [-0.2, -0.15) is 0 Å². The Balaban J connectivity index is 1.63. The van der Waals surface area contributed by atoms with Gasteiger partial charge in [0.1, 0.15) is 0 Å². The summed E-state index contributed by atoms with van der Waals surface area (Å²) in [6.07, 6.45) is 0. The second-order valence-electron chi connectivity index (χ2n) is 8.61. The predicted molar refractivity (Wildman–Crippen MR) is 139 cm³/mol. The topological polar surface area (TPSA) is 80.9 Å². The fourth-order valence-corrected chi connectivity index (χ4v) is 5.07. The molecule has 4 N–H and O–H groups in total. The Morgan fingerprint density at radius 1 is 0.412 bits per heavy atom. The number of rotatable bonds is 4. The maximum Gasteiger partial charge on any atom is 0.488 e. The fraction of sp³-hybridized carbons (Fsp3) is 0. The number of hydrogen-bond donors (Lipinski definition) is 4. The Bertz CT molecular complexity index is 1430. The van der Waals surface area contributed by atoms with Crippen LogP contribution in [-0.4, -0.2) is 34.3 Å². The van der Waals surface area contributed by atoms with E-state index in [0.29, 0.717) is 10.9 Å². The van der Waals surface area contributed by atoms with Crippen molar-refractivity contribution in [2.24, 2.45) is 0 Å². The average Bonchev–Trinajstić information content (AvgIpc) is 3.20. The molecule has 0 saturated heterocycles. The number of hydrogen-bond acceptors (Lipinski definition) is 4. The Morgan fingerprint density at radius 3 is 1.21 bits per heavy atom. The van der Waals surface area contributed by atoms with Crippen molar-refractivity contribution in [3.05, 3.63) is 97.1 Å². The van der Waals surface area contributed by atoms with E-state index < -0.39 is 14.2 Å². The van der Waals surface area contributed by atoms with Gasteiger partial charge in [0.2, 0.25) is 0 Å². The minimum atomic E-state index is -1.50. The first-order valence-corrected chi connectivity index (χ1v) is 11.2. The van der Waals surface area contributed by atoms with Crippen molar-refractivity contribution in [1.82, 2.24) is 0 Å². The predicted octanol–water partition coefficient (Wildman–Crippen LogP) is 3.18. The maximum absolute atomic E-state index is 9.50. The Morgan fingerprint density at radius 2 is 0.824 bits per heavy atom. The van der Waals surface area contributed by atoms with Gasteiger partial charge in [0.05, 0.1) is 0 Å². The summed E-state index contributed by atoms with van der Waals surface area (Å²) in [5, 5.41) is 40.4. The smallest absolute Gasteiger partial charge is 0.423 e. The first-order chi connectivity index (χ1) is 16.5. The van der Waals surface area contributed by atoms with Gasteiger partial charge in [0.25, 0.3) is 0 Å². The molecule has 0 aromatic heterocycles. The van der Waals surface area contributed by atoms with Gasteiger partial charge in [-0.3, -0.25) is 0 Å². The first-order valence-electron chi connectivity index (χ1n) is 11.2. The molecule has 0 spiro atoms. The molecular formula is C28H20B2O4. The highest BCUT2D eigenvalue weighted by atomic mass is 16.4. The summed E-state index contributed by atoms with van der Waals surface area (Å²) in [6.45, 7) is 0. The zero-order valence-corrected chi connectivity index (χ0v) is 18.2. The van der Waals surface area contributed by atoms with Crippen LogP contribution < -0.4 is 10.9 Å². The van der Waals surface area contributed by atoms with E-state index in [4.69, 9.17) is 0 Å². The van der Waals surface area contributed by atoms with Crippen LogP contribution in [0.25, 0.3) is 55.3 Å².